The maximum atomic E-state index is 13.9. The second-order valence-corrected chi connectivity index (χ2v) is 10.7. The average Bonchev–Trinajstić information content (AvgIpc) is 3.41. The van der Waals surface area contributed by atoms with Gasteiger partial charge in [-0.3, -0.25) is 19.3 Å². The van der Waals surface area contributed by atoms with E-state index < -0.39 is 46.3 Å². The van der Waals surface area contributed by atoms with Crippen LogP contribution < -0.4 is 5.32 Å². The van der Waals surface area contributed by atoms with Gasteiger partial charge in [-0.25, -0.2) is 4.79 Å². The highest BCUT2D eigenvalue weighted by Crippen LogP contribution is 2.56. The third-order valence-electron chi connectivity index (χ3n) is 7.01. The fraction of sp³-hybridized carbons (Fsp3) is 0.241. The SMILES string of the molecule is O=C(Cc1ccccc1)N[C@@H]1C(=O)N2[C@@H]1S[C@@H]1CC(=O)O[C@@]12C(=O)OC(c1ccccc1)c1ccccc1. The lowest BCUT2D eigenvalue weighted by Crippen LogP contribution is -2.75. The van der Waals surface area contributed by atoms with Gasteiger partial charge in [0.25, 0.3) is 11.6 Å². The van der Waals surface area contributed by atoms with Crippen molar-refractivity contribution < 1.29 is 28.7 Å². The highest BCUT2D eigenvalue weighted by Gasteiger charge is 2.75. The van der Waals surface area contributed by atoms with Gasteiger partial charge in [0.05, 0.1) is 18.1 Å². The maximum absolute atomic E-state index is 13.9. The van der Waals surface area contributed by atoms with Gasteiger partial charge in [0, 0.05) is 0 Å². The molecule has 0 aliphatic carbocycles. The predicted octanol–water partition coefficient (Wildman–Crippen LogP) is 2.97. The summed E-state index contributed by atoms with van der Waals surface area (Å²) in [6.07, 6.45) is -0.670. The third kappa shape index (κ3) is 4.03. The monoisotopic (exact) mass is 528 g/mol. The number of carbonyl (C=O) groups is 4. The van der Waals surface area contributed by atoms with Crippen molar-refractivity contribution in [1.29, 1.82) is 0 Å². The number of esters is 2. The van der Waals surface area contributed by atoms with Crippen LogP contribution in [0.25, 0.3) is 0 Å². The van der Waals surface area contributed by atoms with E-state index in [2.05, 4.69) is 5.32 Å². The molecule has 3 aromatic rings. The second kappa shape index (κ2) is 9.64. The van der Waals surface area contributed by atoms with E-state index >= 15 is 0 Å². The van der Waals surface area contributed by atoms with Gasteiger partial charge in [-0.1, -0.05) is 91.0 Å². The van der Waals surface area contributed by atoms with Crippen LogP contribution in [-0.4, -0.2) is 51.0 Å². The molecule has 0 spiro atoms. The lowest BCUT2D eigenvalue weighted by atomic mass is 9.97. The molecular formula is C29H24N2O6S. The Morgan fingerprint density at radius 1 is 0.947 bits per heavy atom. The Balaban J connectivity index is 1.24. The van der Waals surface area contributed by atoms with Crippen LogP contribution in [0.4, 0.5) is 0 Å². The first-order chi connectivity index (χ1) is 18.5. The Hall–Kier alpha value is -4.11. The van der Waals surface area contributed by atoms with E-state index in [4.69, 9.17) is 9.47 Å². The minimum Gasteiger partial charge on any atom is -0.448 e. The van der Waals surface area contributed by atoms with Crippen molar-refractivity contribution >= 4 is 35.5 Å². The highest BCUT2D eigenvalue weighted by molar-refractivity contribution is 8.01. The molecule has 3 aliphatic heterocycles. The van der Waals surface area contributed by atoms with Gasteiger partial charge < -0.3 is 14.8 Å². The van der Waals surface area contributed by atoms with Crippen LogP contribution in [0.2, 0.25) is 0 Å². The molecule has 0 bridgehead atoms. The second-order valence-electron chi connectivity index (χ2n) is 9.41. The number of β-lactam (4-membered cyclic amide) rings is 1. The lowest BCUT2D eigenvalue weighted by Gasteiger charge is -2.47. The summed E-state index contributed by atoms with van der Waals surface area (Å²) in [5.41, 5.74) is 0.442. The molecule has 192 valence electrons. The summed E-state index contributed by atoms with van der Waals surface area (Å²) in [6, 6.07) is 26.9. The van der Waals surface area contributed by atoms with E-state index in [0.29, 0.717) is 0 Å². The summed E-state index contributed by atoms with van der Waals surface area (Å²) in [4.78, 5) is 53.5. The van der Waals surface area contributed by atoms with Gasteiger partial charge in [0.2, 0.25) is 5.91 Å². The molecule has 4 atom stereocenters. The number of hydrogen-bond acceptors (Lipinski definition) is 7. The molecule has 3 aromatic carbocycles. The largest absolute Gasteiger partial charge is 0.448 e. The topological polar surface area (TPSA) is 102 Å². The summed E-state index contributed by atoms with van der Waals surface area (Å²) < 4.78 is 11.7. The summed E-state index contributed by atoms with van der Waals surface area (Å²) in [5.74, 6) is -2.15. The fourth-order valence-corrected chi connectivity index (χ4v) is 6.96. The number of hydrogen-bond donors (Lipinski definition) is 1. The molecule has 2 amide bonds. The van der Waals surface area contributed by atoms with Crippen LogP contribution in [0.15, 0.2) is 91.0 Å². The lowest BCUT2D eigenvalue weighted by molar-refractivity contribution is -0.209. The van der Waals surface area contributed by atoms with Crippen molar-refractivity contribution in [2.75, 3.05) is 0 Å². The Morgan fingerprint density at radius 3 is 2.13 bits per heavy atom. The van der Waals surface area contributed by atoms with Crippen molar-refractivity contribution in [2.24, 2.45) is 0 Å². The van der Waals surface area contributed by atoms with Crippen LogP contribution >= 0.6 is 11.8 Å². The van der Waals surface area contributed by atoms with Gasteiger partial charge in [-0.15, -0.1) is 11.8 Å². The van der Waals surface area contributed by atoms with E-state index in [1.54, 1.807) is 0 Å². The Kier molecular flexibility index (Phi) is 6.15. The van der Waals surface area contributed by atoms with E-state index in [1.807, 2.05) is 91.0 Å². The minimum atomic E-state index is -1.87. The molecule has 3 fully saturated rings. The zero-order valence-corrected chi connectivity index (χ0v) is 21.0. The average molecular weight is 529 g/mol. The quantitative estimate of drug-likeness (QED) is 0.372. The molecule has 3 heterocycles. The molecule has 3 aliphatic rings. The van der Waals surface area contributed by atoms with E-state index in [0.717, 1.165) is 16.7 Å². The zero-order chi connectivity index (χ0) is 26.3. The van der Waals surface area contributed by atoms with Crippen molar-refractivity contribution in [3.05, 3.63) is 108 Å². The first-order valence-electron chi connectivity index (χ1n) is 12.3. The standard InChI is InChI=1S/C29H24N2O6S/c32-22(16-18-10-4-1-5-11-18)30-24-26(34)31-27(24)38-21-17-23(33)37-29(21,31)28(35)36-25(19-12-6-2-7-13-19)20-14-8-3-9-15-20/h1-15,21,24-25,27H,16-17H2,(H,30,32)/t21-,24-,27-,29-/m1/s1. The number of nitrogens with zero attached hydrogens (tertiary/aromatic N) is 1. The first kappa shape index (κ1) is 24.2. The van der Waals surface area contributed by atoms with Gasteiger partial charge in [-0.05, 0) is 16.7 Å². The normalized spacial score (nSPS) is 25.3. The molecule has 0 saturated carbocycles. The van der Waals surface area contributed by atoms with Crippen molar-refractivity contribution in [1.82, 2.24) is 10.2 Å². The Morgan fingerprint density at radius 2 is 1.53 bits per heavy atom. The molecule has 9 heteroatoms. The molecule has 3 saturated heterocycles. The summed E-state index contributed by atoms with van der Waals surface area (Å²) in [5, 5.41) is 1.61. The number of carbonyl (C=O) groups excluding carboxylic acids is 4. The van der Waals surface area contributed by atoms with Gasteiger partial charge in [0.15, 0.2) is 6.10 Å². The van der Waals surface area contributed by atoms with Gasteiger partial charge in [0.1, 0.15) is 11.4 Å². The maximum Gasteiger partial charge on any atom is 0.375 e. The molecule has 0 aromatic heterocycles. The van der Waals surface area contributed by atoms with Crippen LogP contribution in [0.5, 0.6) is 0 Å². The van der Waals surface area contributed by atoms with Crippen LogP contribution in [-0.2, 0) is 35.1 Å². The van der Waals surface area contributed by atoms with Crippen molar-refractivity contribution in [2.45, 2.75) is 41.3 Å². The number of nitrogens with one attached hydrogen (secondary N) is 1. The number of ether oxygens (including phenoxy) is 2. The van der Waals surface area contributed by atoms with Gasteiger partial charge in [-0.2, -0.15) is 0 Å². The van der Waals surface area contributed by atoms with Crippen LogP contribution in [0.3, 0.4) is 0 Å². The number of rotatable bonds is 7. The molecule has 0 unspecified atom stereocenters. The minimum absolute atomic E-state index is 0.0356. The van der Waals surface area contributed by atoms with E-state index in [1.165, 1.54) is 16.7 Å². The van der Waals surface area contributed by atoms with Crippen LogP contribution in [0, 0.1) is 0 Å². The number of amides is 2. The first-order valence-corrected chi connectivity index (χ1v) is 13.3. The van der Waals surface area contributed by atoms with Crippen molar-refractivity contribution in [3.63, 3.8) is 0 Å². The van der Waals surface area contributed by atoms with Gasteiger partial charge >= 0.3 is 11.9 Å². The molecular weight excluding hydrogens is 504 g/mol. The number of benzene rings is 3. The Bertz CT molecular complexity index is 1350. The van der Waals surface area contributed by atoms with Crippen LogP contribution in [0.1, 0.15) is 29.2 Å². The predicted molar refractivity (Wildman–Crippen MR) is 138 cm³/mol. The fourth-order valence-electron chi connectivity index (χ4n) is 5.23. The smallest absolute Gasteiger partial charge is 0.375 e. The number of thioether (sulfide) groups is 1. The van der Waals surface area contributed by atoms with E-state index in [9.17, 15) is 19.2 Å². The molecule has 1 N–H and O–H groups in total. The summed E-state index contributed by atoms with van der Waals surface area (Å²) >= 11 is 1.28. The zero-order valence-electron chi connectivity index (χ0n) is 20.2. The third-order valence-corrected chi connectivity index (χ3v) is 8.59. The molecule has 8 nitrogen and oxygen atoms in total. The van der Waals surface area contributed by atoms with Crippen molar-refractivity contribution in [3.8, 4) is 0 Å². The molecule has 0 radical (unpaired) electrons. The summed E-state index contributed by atoms with van der Waals surface area (Å²) in [6.45, 7) is 0. The van der Waals surface area contributed by atoms with E-state index in [-0.39, 0.29) is 18.7 Å². The molecule has 38 heavy (non-hydrogen) atoms. The highest BCUT2D eigenvalue weighted by atomic mass is 32.2. The Labute approximate surface area is 223 Å². The summed E-state index contributed by atoms with van der Waals surface area (Å²) in [7, 11) is 0. The number of fused-ring (bicyclic) bond motifs is 3. The molecule has 6 rings (SSSR count).